The number of aliphatic hydroxyl groups is 1. The molecule has 0 spiro atoms. The van der Waals surface area contributed by atoms with Gasteiger partial charge in [0.05, 0.1) is 11.8 Å². The molecule has 1 atom stereocenters. The molecule has 1 unspecified atom stereocenters. The summed E-state index contributed by atoms with van der Waals surface area (Å²) in [7, 11) is 2.15. The molecule has 1 fully saturated rings. The first-order valence-electron chi connectivity index (χ1n) is 7.64. The molecule has 1 N–H and O–H groups in total. The second-order valence-electron chi connectivity index (χ2n) is 5.80. The van der Waals surface area contributed by atoms with Crippen LogP contribution in [0.4, 0.5) is 5.13 Å². The number of hydrogen-bond acceptors (Lipinski definition) is 4. The van der Waals surface area contributed by atoms with Crippen molar-refractivity contribution in [2.75, 3.05) is 11.9 Å². The van der Waals surface area contributed by atoms with E-state index in [0.717, 1.165) is 16.4 Å². The van der Waals surface area contributed by atoms with Crippen LogP contribution >= 0.6 is 11.3 Å². The standard InChI is InChI=1S/C17H22N2OS/c1-19(15-9-5-6-10-15)17-18-14(12-21-17)11-16(20)13-7-3-2-4-8-13/h2-4,7-8,12,15-16,20H,5-6,9-11H2,1H3. The van der Waals surface area contributed by atoms with Gasteiger partial charge in [-0.05, 0) is 18.4 Å². The van der Waals surface area contributed by atoms with Crippen LogP contribution in [0.2, 0.25) is 0 Å². The molecular formula is C17H22N2OS. The summed E-state index contributed by atoms with van der Waals surface area (Å²) >= 11 is 1.69. The van der Waals surface area contributed by atoms with Crippen molar-refractivity contribution in [1.82, 2.24) is 4.98 Å². The van der Waals surface area contributed by atoms with Crippen molar-refractivity contribution in [3.05, 3.63) is 47.0 Å². The van der Waals surface area contributed by atoms with Crippen molar-refractivity contribution in [2.24, 2.45) is 0 Å². The van der Waals surface area contributed by atoms with E-state index < -0.39 is 6.10 Å². The van der Waals surface area contributed by atoms with Gasteiger partial charge in [-0.2, -0.15) is 0 Å². The Morgan fingerprint density at radius 1 is 1.29 bits per heavy atom. The normalized spacial score (nSPS) is 17.0. The molecule has 1 heterocycles. The number of rotatable bonds is 5. The monoisotopic (exact) mass is 302 g/mol. The van der Waals surface area contributed by atoms with Crippen molar-refractivity contribution in [3.8, 4) is 0 Å². The van der Waals surface area contributed by atoms with E-state index in [4.69, 9.17) is 4.98 Å². The van der Waals surface area contributed by atoms with Gasteiger partial charge < -0.3 is 10.0 Å². The lowest BCUT2D eigenvalue weighted by Crippen LogP contribution is -2.28. The highest BCUT2D eigenvalue weighted by atomic mass is 32.1. The van der Waals surface area contributed by atoms with Gasteiger partial charge in [0.25, 0.3) is 0 Å². The lowest BCUT2D eigenvalue weighted by Gasteiger charge is -2.23. The molecule has 0 saturated heterocycles. The summed E-state index contributed by atoms with van der Waals surface area (Å²) in [6.45, 7) is 0. The number of hydrogen-bond donors (Lipinski definition) is 1. The summed E-state index contributed by atoms with van der Waals surface area (Å²) < 4.78 is 0. The molecule has 2 aromatic rings. The smallest absolute Gasteiger partial charge is 0.185 e. The number of aromatic nitrogens is 1. The van der Waals surface area contributed by atoms with Gasteiger partial charge in [-0.25, -0.2) is 4.98 Å². The van der Waals surface area contributed by atoms with Crippen molar-refractivity contribution in [2.45, 2.75) is 44.2 Å². The Labute approximate surface area is 130 Å². The van der Waals surface area contributed by atoms with E-state index in [1.807, 2.05) is 30.3 Å². The average Bonchev–Trinajstić information content (AvgIpc) is 3.19. The Bertz CT molecular complexity index is 563. The van der Waals surface area contributed by atoms with Gasteiger partial charge in [0.2, 0.25) is 0 Å². The number of nitrogens with zero attached hydrogens (tertiary/aromatic N) is 2. The lowest BCUT2D eigenvalue weighted by molar-refractivity contribution is 0.177. The second-order valence-corrected chi connectivity index (χ2v) is 6.64. The molecule has 1 aliphatic rings. The summed E-state index contributed by atoms with van der Waals surface area (Å²) in [6, 6.07) is 10.4. The maximum Gasteiger partial charge on any atom is 0.185 e. The maximum atomic E-state index is 10.3. The highest BCUT2D eigenvalue weighted by Crippen LogP contribution is 2.30. The number of anilines is 1. The largest absolute Gasteiger partial charge is 0.388 e. The van der Waals surface area contributed by atoms with Gasteiger partial charge in [-0.15, -0.1) is 11.3 Å². The molecule has 1 saturated carbocycles. The van der Waals surface area contributed by atoms with Crippen LogP contribution in [-0.4, -0.2) is 23.2 Å². The fraction of sp³-hybridized carbons (Fsp3) is 0.471. The molecule has 112 valence electrons. The van der Waals surface area contributed by atoms with Gasteiger partial charge in [0.1, 0.15) is 0 Å². The van der Waals surface area contributed by atoms with E-state index in [1.165, 1.54) is 25.7 Å². The third-order valence-electron chi connectivity index (χ3n) is 4.30. The molecule has 0 bridgehead atoms. The molecule has 21 heavy (non-hydrogen) atoms. The first-order chi connectivity index (χ1) is 10.2. The predicted molar refractivity (Wildman–Crippen MR) is 87.9 cm³/mol. The molecular weight excluding hydrogens is 280 g/mol. The van der Waals surface area contributed by atoms with E-state index in [0.29, 0.717) is 12.5 Å². The molecule has 0 amide bonds. The van der Waals surface area contributed by atoms with Crippen LogP contribution in [0.15, 0.2) is 35.7 Å². The van der Waals surface area contributed by atoms with Gasteiger partial charge in [-0.1, -0.05) is 43.2 Å². The molecule has 0 aliphatic heterocycles. The van der Waals surface area contributed by atoms with Crippen LogP contribution in [0.3, 0.4) is 0 Å². The summed E-state index contributed by atoms with van der Waals surface area (Å²) in [6.07, 6.45) is 5.33. The second kappa shape index (κ2) is 6.58. The summed E-state index contributed by atoms with van der Waals surface area (Å²) in [5.74, 6) is 0. The Kier molecular flexibility index (Phi) is 4.56. The third kappa shape index (κ3) is 3.44. The highest BCUT2D eigenvalue weighted by Gasteiger charge is 2.22. The molecule has 4 heteroatoms. The SMILES string of the molecule is CN(c1nc(CC(O)c2ccccc2)cs1)C1CCCC1. The Balaban J connectivity index is 1.65. The zero-order chi connectivity index (χ0) is 14.7. The van der Waals surface area contributed by atoms with Crippen LogP contribution in [0.25, 0.3) is 0 Å². The number of aliphatic hydroxyl groups excluding tert-OH is 1. The molecule has 1 aliphatic carbocycles. The van der Waals surface area contributed by atoms with Crippen molar-refractivity contribution in [1.29, 1.82) is 0 Å². The summed E-state index contributed by atoms with van der Waals surface area (Å²) in [5.41, 5.74) is 1.94. The minimum absolute atomic E-state index is 0.474. The van der Waals surface area contributed by atoms with Gasteiger partial charge in [0, 0.05) is 24.9 Å². The van der Waals surface area contributed by atoms with Crippen molar-refractivity contribution < 1.29 is 5.11 Å². The minimum Gasteiger partial charge on any atom is -0.388 e. The number of benzene rings is 1. The fourth-order valence-corrected chi connectivity index (χ4v) is 3.87. The summed E-state index contributed by atoms with van der Waals surface area (Å²) in [5, 5.41) is 13.4. The lowest BCUT2D eigenvalue weighted by atomic mass is 10.1. The van der Waals surface area contributed by atoms with E-state index in [-0.39, 0.29) is 0 Å². The third-order valence-corrected chi connectivity index (χ3v) is 5.28. The predicted octanol–water partition coefficient (Wildman–Crippen LogP) is 3.80. The zero-order valence-corrected chi connectivity index (χ0v) is 13.2. The zero-order valence-electron chi connectivity index (χ0n) is 12.4. The van der Waals surface area contributed by atoms with E-state index >= 15 is 0 Å². The van der Waals surface area contributed by atoms with E-state index in [1.54, 1.807) is 11.3 Å². The Hall–Kier alpha value is -1.39. The maximum absolute atomic E-state index is 10.3. The van der Waals surface area contributed by atoms with Crippen LogP contribution in [0, 0.1) is 0 Å². The first-order valence-corrected chi connectivity index (χ1v) is 8.52. The molecule has 1 aromatic heterocycles. The fourth-order valence-electron chi connectivity index (χ4n) is 2.99. The molecule has 1 aromatic carbocycles. The van der Waals surface area contributed by atoms with Crippen LogP contribution < -0.4 is 4.90 Å². The van der Waals surface area contributed by atoms with Crippen LogP contribution in [0.1, 0.15) is 43.0 Å². The van der Waals surface area contributed by atoms with E-state index in [9.17, 15) is 5.11 Å². The Morgan fingerprint density at radius 3 is 2.71 bits per heavy atom. The van der Waals surface area contributed by atoms with E-state index in [2.05, 4.69) is 17.3 Å². The molecule has 3 rings (SSSR count). The Morgan fingerprint density at radius 2 is 2.00 bits per heavy atom. The topological polar surface area (TPSA) is 36.4 Å². The van der Waals surface area contributed by atoms with Gasteiger partial charge in [-0.3, -0.25) is 0 Å². The first kappa shape index (κ1) is 14.5. The van der Waals surface area contributed by atoms with Crippen molar-refractivity contribution >= 4 is 16.5 Å². The quantitative estimate of drug-likeness (QED) is 0.912. The molecule has 3 nitrogen and oxygen atoms in total. The van der Waals surface area contributed by atoms with Gasteiger partial charge >= 0.3 is 0 Å². The van der Waals surface area contributed by atoms with Crippen LogP contribution in [-0.2, 0) is 6.42 Å². The number of thiazole rings is 1. The van der Waals surface area contributed by atoms with Gasteiger partial charge in [0.15, 0.2) is 5.13 Å². The van der Waals surface area contributed by atoms with Crippen molar-refractivity contribution in [3.63, 3.8) is 0 Å². The van der Waals surface area contributed by atoms with Crippen LogP contribution in [0.5, 0.6) is 0 Å². The highest BCUT2D eigenvalue weighted by molar-refractivity contribution is 7.13. The minimum atomic E-state index is -0.474. The average molecular weight is 302 g/mol. The molecule has 0 radical (unpaired) electrons. The summed E-state index contributed by atoms with van der Waals surface area (Å²) in [4.78, 5) is 7.02.